The third-order valence-electron chi connectivity index (χ3n) is 3.85. The molecule has 0 aliphatic rings. The number of rotatable bonds is 7. The molecule has 0 spiro atoms. The van der Waals surface area contributed by atoms with Crippen LogP contribution < -0.4 is 5.32 Å². The molecule has 1 aromatic carbocycles. The van der Waals surface area contributed by atoms with Crippen molar-refractivity contribution in [1.82, 2.24) is 5.32 Å². The monoisotopic (exact) mass is 261 g/mol. The van der Waals surface area contributed by atoms with Gasteiger partial charge in [0.1, 0.15) is 0 Å². The maximum absolute atomic E-state index is 3.74. The van der Waals surface area contributed by atoms with Gasteiger partial charge in [0.15, 0.2) is 0 Å². The molecule has 2 unspecified atom stereocenters. The molecule has 0 saturated carbocycles. The number of hydrogen-bond donors (Lipinski definition) is 1. The van der Waals surface area contributed by atoms with Gasteiger partial charge in [-0.1, -0.05) is 50.5 Å². The lowest BCUT2D eigenvalue weighted by atomic mass is 9.98. The van der Waals surface area contributed by atoms with Crippen molar-refractivity contribution in [2.45, 2.75) is 72.9 Å². The predicted octanol–water partition coefficient (Wildman–Crippen LogP) is 5.17. The smallest absolute Gasteiger partial charge is 0.0296 e. The Hall–Kier alpha value is -0.820. The van der Waals surface area contributed by atoms with Crippen LogP contribution in [0.5, 0.6) is 0 Å². The molecule has 0 aliphatic carbocycles. The Kier molecular flexibility index (Phi) is 6.57. The minimum absolute atomic E-state index is 0.439. The van der Waals surface area contributed by atoms with Gasteiger partial charge < -0.3 is 5.32 Å². The van der Waals surface area contributed by atoms with Crippen LogP contribution >= 0.6 is 0 Å². The maximum Gasteiger partial charge on any atom is 0.0296 e. The quantitative estimate of drug-likeness (QED) is 0.714. The van der Waals surface area contributed by atoms with Gasteiger partial charge >= 0.3 is 0 Å². The lowest BCUT2D eigenvalue weighted by molar-refractivity contribution is 0.423. The van der Waals surface area contributed by atoms with E-state index in [-0.39, 0.29) is 0 Å². The maximum atomic E-state index is 3.74. The lowest BCUT2D eigenvalue weighted by Gasteiger charge is -2.22. The molecular weight excluding hydrogens is 230 g/mol. The van der Waals surface area contributed by atoms with Crippen molar-refractivity contribution in [3.63, 3.8) is 0 Å². The molecule has 1 N–H and O–H groups in total. The van der Waals surface area contributed by atoms with E-state index >= 15 is 0 Å². The summed E-state index contributed by atoms with van der Waals surface area (Å²) < 4.78 is 0. The minimum Gasteiger partial charge on any atom is -0.308 e. The van der Waals surface area contributed by atoms with Crippen LogP contribution in [-0.2, 0) is 0 Å². The highest BCUT2D eigenvalue weighted by atomic mass is 14.9. The van der Waals surface area contributed by atoms with Crippen molar-refractivity contribution in [2.24, 2.45) is 5.92 Å². The topological polar surface area (TPSA) is 12.0 Å². The van der Waals surface area contributed by atoms with Crippen LogP contribution in [0.25, 0.3) is 0 Å². The molecule has 1 aromatic rings. The molecule has 0 aliphatic heterocycles. The molecule has 1 nitrogen and oxygen atoms in total. The fourth-order valence-electron chi connectivity index (χ4n) is 2.66. The second-order valence-electron chi connectivity index (χ2n) is 6.47. The first-order valence-corrected chi connectivity index (χ1v) is 7.73. The van der Waals surface area contributed by atoms with Crippen molar-refractivity contribution in [2.75, 3.05) is 0 Å². The summed E-state index contributed by atoms with van der Waals surface area (Å²) in [5, 5.41) is 3.74. The molecule has 0 aromatic heterocycles. The Morgan fingerprint density at radius 2 is 1.68 bits per heavy atom. The van der Waals surface area contributed by atoms with E-state index in [9.17, 15) is 0 Å². The van der Waals surface area contributed by atoms with Crippen LogP contribution in [0.4, 0.5) is 0 Å². The molecule has 1 heteroatoms. The normalized spacial score (nSPS) is 14.7. The number of hydrogen-bond acceptors (Lipinski definition) is 1. The average molecular weight is 261 g/mol. The molecule has 19 heavy (non-hydrogen) atoms. The Balaban J connectivity index is 2.49. The fourth-order valence-corrected chi connectivity index (χ4v) is 2.66. The summed E-state index contributed by atoms with van der Waals surface area (Å²) in [4.78, 5) is 0. The summed E-state index contributed by atoms with van der Waals surface area (Å²) in [6.45, 7) is 13.6. The van der Waals surface area contributed by atoms with Gasteiger partial charge in [-0.3, -0.25) is 0 Å². The standard InChI is InChI=1S/C18H31N/c1-13(2)8-7-9-16(5)19-17(6)18-12-14(3)10-11-15(18)4/h10-13,16-17,19H,7-9H2,1-6H3. The van der Waals surface area contributed by atoms with Crippen molar-refractivity contribution in [3.05, 3.63) is 34.9 Å². The van der Waals surface area contributed by atoms with E-state index in [1.165, 1.54) is 36.0 Å². The minimum atomic E-state index is 0.439. The molecule has 108 valence electrons. The Morgan fingerprint density at radius 3 is 2.32 bits per heavy atom. The molecule has 0 amide bonds. The van der Waals surface area contributed by atoms with E-state index in [0.717, 1.165) is 5.92 Å². The van der Waals surface area contributed by atoms with E-state index in [4.69, 9.17) is 0 Å². The zero-order valence-corrected chi connectivity index (χ0v) is 13.6. The summed E-state index contributed by atoms with van der Waals surface area (Å²) in [6.07, 6.45) is 3.93. The predicted molar refractivity (Wildman–Crippen MR) is 85.6 cm³/mol. The van der Waals surface area contributed by atoms with Crippen molar-refractivity contribution in [1.29, 1.82) is 0 Å². The highest BCUT2D eigenvalue weighted by molar-refractivity contribution is 5.32. The first-order chi connectivity index (χ1) is 8.90. The number of nitrogens with one attached hydrogen (secondary N) is 1. The highest BCUT2D eigenvalue weighted by Gasteiger charge is 2.11. The summed E-state index contributed by atoms with van der Waals surface area (Å²) in [5.74, 6) is 0.823. The van der Waals surface area contributed by atoms with Crippen LogP contribution in [0, 0.1) is 19.8 Å². The first-order valence-electron chi connectivity index (χ1n) is 7.73. The Morgan fingerprint density at radius 1 is 1.00 bits per heavy atom. The van der Waals surface area contributed by atoms with Crippen LogP contribution in [0.2, 0.25) is 0 Å². The van der Waals surface area contributed by atoms with E-state index in [1.807, 2.05) is 0 Å². The van der Waals surface area contributed by atoms with Gasteiger partial charge in [-0.05, 0) is 51.2 Å². The van der Waals surface area contributed by atoms with Crippen LogP contribution in [-0.4, -0.2) is 6.04 Å². The third kappa shape index (κ3) is 5.78. The zero-order valence-electron chi connectivity index (χ0n) is 13.6. The van der Waals surface area contributed by atoms with E-state index in [0.29, 0.717) is 12.1 Å². The van der Waals surface area contributed by atoms with E-state index in [1.54, 1.807) is 0 Å². The molecule has 0 saturated heterocycles. The SMILES string of the molecule is Cc1ccc(C)c(C(C)NC(C)CCCC(C)C)c1. The molecule has 0 radical (unpaired) electrons. The summed E-state index contributed by atoms with van der Waals surface area (Å²) in [7, 11) is 0. The number of benzene rings is 1. The van der Waals surface area contributed by atoms with Crippen molar-refractivity contribution >= 4 is 0 Å². The van der Waals surface area contributed by atoms with Crippen LogP contribution in [0.15, 0.2) is 18.2 Å². The van der Waals surface area contributed by atoms with E-state index in [2.05, 4.69) is 65.1 Å². The first kappa shape index (κ1) is 16.2. The third-order valence-corrected chi connectivity index (χ3v) is 3.85. The largest absolute Gasteiger partial charge is 0.308 e. The van der Waals surface area contributed by atoms with Crippen LogP contribution in [0.1, 0.15) is 69.7 Å². The van der Waals surface area contributed by atoms with Gasteiger partial charge in [0, 0.05) is 12.1 Å². The summed E-state index contributed by atoms with van der Waals surface area (Å²) >= 11 is 0. The second kappa shape index (κ2) is 7.69. The lowest BCUT2D eigenvalue weighted by Crippen LogP contribution is -2.29. The van der Waals surface area contributed by atoms with Gasteiger partial charge in [0.2, 0.25) is 0 Å². The molecule has 0 fully saturated rings. The van der Waals surface area contributed by atoms with Gasteiger partial charge in [-0.25, -0.2) is 0 Å². The summed E-state index contributed by atoms with van der Waals surface area (Å²) in [5.41, 5.74) is 4.18. The van der Waals surface area contributed by atoms with Crippen molar-refractivity contribution < 1.29 is 0 Å². The van der Waals surface area contributed by atoms with Gasteiger partial charge in [-0.15, -0.1) is 0 Å². The molecule has 2 atom stereocenters. The average Bonchev–Trinajstić information content (AvgIpc) is 2.31. The molecule has 1 rings (SSSR count). The molecule has 0 heterocycles. The van der Waals surface area contributed by atoms with Gasteiger partial charge in [-0.2, -0.15) is 0 Å². The zero-order chi connectivity index (χ0) is 14.4. The Bertz CT molecular complexity index is 381. The fraction of sp³-hybridized carbons (Fsp3) is 0.667. The van der Waals surface area contributed by atoms with Crippen molar-refractivity contribution in [3.8, 4) is 0 Å². The Labute approximate surface area is 119 Å². The second-order valence-corrected chi connectivity index (χ2v) is 6.47. The van der Waals surface area contributed by atoms with E-state index < -0.39 is 0 Å². The van der Waals surface area contributed by atoms with Gasteiger partial charge in [0.05, 0.1) is 0 Å². The van der Waals surface area contributed by atoms with Gasteiger partial charge in [0.25, 0.3) is 0 Å². The molecular formula is C18H31N. The number of aryl methyl sites for hydroxylation is 2. The highest BCUT2D eigenvalue weighted by Crippen LogP contribution is 2.20. The summed E-state index contributed by atoms with van der Waals surface area (Å²) in [6, 6.07) is 7.76. The molecule has 0 bridgehead atoms. The van der Waals surface area contributed by atoms with Crippen LogP contribution in [0.3, 0.4) is 0 Å².